The molecule has 0 fully saturated rings. The molecule has 1 aromatic carbocycles. The molecule has 2 aromatic rings. The summed E-state index contributed by atoms with van der Waals surface area (Å²) in [5, 5.41) is 9.33. The average molecular weight is 205 g/mol. The Morgan fingerprint density at radius 3 is 2.87 bits per heavy atom. The molecule has 0 spiro atoms. The average Bonchev–Trinajstić information content (AvgIpc) is 2.61. The fourth-order valence-electron chi connectivity index (χ4n) is 1.41. The number of phenols is 1. The number of imidazole rings is 1. The Balaban J connectivity index is 2.56. The van der Waals surface area contributed by atoms with Crippen molar-refractivity contribution in [2.45, 2.75) is 19.3 Å². The number of H-pyrrole nitrogens is 1. The van der Waals surface area contributed by atoms with E-state index in [9.17, 15) is 5.11 Å². The van der Waals surface area contributed by atoms with Gasteiger partial charge in [-0.05, 0) is 12.1 Å². The van der Waals surface area contributed by atoms with E-state index < -0.39 is 0 Å². The maximum absolute atomic E-state index is 9.33. The van der Waals surface area contributed by atoms with Gasteiger partial charge in [-0.1, -0.05) is 13.8 Å². The minimum atomic E-state index is -0.172. The lowest BCUT2D eigenvalue weighted by molar-refractivity contribution is 0.476. The maximum Gasteiger partial charge on any atom is 0.117 e. The maximum atomic E-state index is 9.33. The molecule has 0 radical (unpaired) electrons. The number of hydrogen-bond acceptors (Lipinski definition) is 3. The van der Waals surface area contributed by atoms with Gasteiger partial charge in [0, 0.05) is 18.0 Å². The van der Waals surface area contributed by atoms with Crippen molar-refractivity contribution in [3.05, 3.63) is 24.0 Å². The van der Waals surface area contributed by atoms with Gasteiger partial charge in [-0.25, -0.2) is 4.98 Å². The number of aromatic nitrogens is 2. The van der Waals surface area contributed by atoms with Crippen molar-refractivity contribution in [2.75, 3.05) is 6.54 Å². The summed E-state index contributed by atoms with van der Waals surface area (Å²) in [6, 6.07) is 5.08. The molecule has 0 aliphatic carbocycles. The first kappa shape index (κ1) is 9.98. The number of benzene rings is 1. The third kappa shape index (κ3) is 1.68. The Morgan fingerprint density at radius 1 is 1.47 bits per heavy atom. The van der Waals surface area contributed by atoms with Crippen molar-refractivity contribution >= 4 is 11.0 Å². The molecule has 4 N–H and O–H groups in total. The van der Waals surface area contributed by atoms with E-state index in [2.05, 4.69) is 9.97 Å². The molecule has 0 saturated heterocycles. The molecule has 0 aliphatic heterocycles. The highest BCUT2D eigenvalue weighted by molar-refractivity contribution is 5.76. The Kier molecular flexibility index (Phi) is 2.16. The van der Waals surface area contributed by atoms with Crippen molar-refractivity contribution < 1.29 is 5.11 Å². The molecular weight excluding hydrogens is 190 g/mol. The zero-order valence-corrected chi connectivity index (χ0v) is 8.91. The van der Waals surface area contributed by atoms with Crippen LogP contribution in [0.25, 0.3) is 11.0 Å². The second kappa shape index (κ2) is 3.24. The van der Waals surface area contributed by atoms with Gasteiger partial charge in [0.05, 0.1) is 11.0 Å². The van der Waals surface area contributed by atoms with E-state index in [1.807, 2.05) is 13.8 Å². The number of aromatic amines is 1. The molecule has 0 unspecified atom stereocenters. The Labute approximate surface area is 88.1 Å². The zero-order chi connectivity index (χ0) is 11.1. The monoisotopic (exact) mass is 205 g/mol. The minimum Gasteiger partial charge on any atom is -0.508 e. The van der Waals surface area contributed by atoms with Crippen LogP contribution in [0.4, 0.5) is 0 Å². The Hall–Kier alpha value is -1.55. The summed E-state index contributed by atoms with van der Waals surface area (Å²) >= 11 is 0. The van der Waals surface area contributed by atoms with E-state index >= 15 is 0 Å². The van der Waals surface area contributed by atoms with Gasteiger partial charge in [0.2, 0.25) is 0 Å². The molecule has 0 amide bonds. The summed E-state index contributed by atoms with van der Waals surface area (Å²) in [6.07, 6.45) is 0. The second-order valence-corrected chi connectivity index (χ2v) is 4.37. The number of rotatable bonds is 2. The lowest BCUT2D eigenvalue weighted by Gasteiger charge is -2.18. The van der Waals surface area contributed by atoms with E-state index in [0.29, 0.717) is 6.54 Å². The van der Waals surface area contributed by atoms with Crippen LogP contribution in [0.15, 0.2) is 18.2 Å². The summed E-state index contributed by atoms with van der Waals surface area (Å²) < 4.78 is 0. The molecule has 1 aromatic heterocycles. The standard InChI is InChI=1S/C11H15N3O/c1-11(2,6-12)10-13-8-4-3-7(15)5-9(8)14-10/h3-5,15H,6,12H2,1-2H3,(H,13,14). The second-order valence-electron chi connectivity index (χ2n) is 4.37. The first-order valence-corrected chi connectivity index (χ1v) is 4.92. The Bertz CT molecular complexity index is 488. The van der Waals surface area contributed by atoms with Crippen molar-refractivity contribution in [3.8, 4) is 5.75 Å². The number of nitrogens with one attached hydrogen (secondary N) is 1. The summed E-state index contributed by atoms with van der Waals surface area (Å²) in [5.74, 6) is 1.09. The molecule has 2 rings (SSSR count). The fourth-order valence-corrected chi connectivity index (χ4v) is 1.41. The largest absolute Gasteiger partial charge is 0.508 e. The van der Waals surface area contributed by atoms with Gasteiger partial charge in [0.25, 0.3) is 0 Å². The van der Waals surface area contributed by atoms with Gasteiger partial charge >= 0.3 is 0 Å². The van der Waals surface area contributed by atoms with Gasteiger partial charge in [-0.15, -0.1) is 0 Å². The van der Waals surface area contributed by atoms with Crippen molar-refractivity contribution in [3.63, 3.8) is 0 Å². The van der Waals surface area contributed by atoms with Crippen molar-refractivity contribution in [1.29, 1.82) is 0 Å². The van der Waals surface area contributed by atoms with Crippen LogP contribution in [0.3, 0.4) is 0 Å². The van der Waals surface area contributed by atoms with Gasteiger partial charge in [0.15, 0.2) is 0 Å². The first-order chi connectivity index (χ1) is 7.03. The Morgan fingerprint density at radius 2 is 2.20 bits per heavy atom. The predicted octanol–water partition coefficient (Wildman–Crippen LogP) is 1.50. The van der Waals surface area contributed by atoms with Crippen LogP contribution in [0.2, 0.25) is 0 Å². The van der Waals surface area contributed by atoms with E-state index in [4.69, 9.17) is 5.73 Å². The highest BCUT2D eigenvalue weighted by atomic mass is 16.3. The van der Waals surface area contributed by atoms with E-state index in [1.165, 1.54) is 0 Å². The predicted molar refractivity (Wildman–Crippen MR) is 59.8 cm³/mol. The third-order valence-corrected chi connectivity index (χ3v) is 2.62. The third-order valence-electron chi connectivity index (χ3n) is 2.62. The van der Waals surface area contributed by atoms with Gasteiger partial charge in [0.1, 0.15) is 11.6 Å². The van der Waals surface area contributed by atoms with Crippen LogP contribution in [0, 0.1) is 0 Å². The van der Waals surface area contributed by atoms with Crippen LogP contribution in [0.1, 0.15) is 19.7 Å². The molecule has 0 atom stereocenters. The number of nitrogens with zero attached hydrogens (tertiary/aromatic N) is 1. The van der Waals surface area contributed by atoms with Gasteiger partial charge < -0.3 is 15.8 Å². The highest BCUT2D eigenvalue weighted by Crippen LogP contribution is 2.24. The highest BCUT2D eigenvalue weighted by Gasteiger charge is 2.22. The number of hydrogen-bond donors (Lipinski definition) is 3. The van der Waals surface area contributed by atoms with Crippen LogP contribution >= 0.6 is 0 Å². The van der Waals surface area contributed by atoms with E-state index in [0.717, 1.165) is 16.9 Å². The first-order valence-electron chi connectivity index (χ1n) is 4.92. The molecule has 0 saturated carbocycles. The SMILES string of the molecule is CC(C)(CN)c1nc2ccc(O)cc2[nH]1. The molecule has 0 bridgehead atoms. The lowest BCUT2D eigenvalue weighted by atomic mass is 9.93. The number of aromatic hydroxyl groups is 1. The summed E-state index contributed by atoms with van der Waals surface area (Å²) in [5.41, 5.74) is 7.20. The van der Waals surface area contributed by atoms with E-state index in [1.54, 1.807) is 18.2 Å². The number of fused-ring (bicyclic) bond motifs is 1. The summed E-state index contributed by atoms with van der Waals surface area (Å²) in [6.45, 7) is 4.59. The summed E-state index contributed by atoms with van der Waals surface area (Å²) in [4.78, 5) is 7.63. The molecule has 1 heterocycles. The van der Waals surface area contributed by atoms with Gasteiger partial charge in [-0.3, -0.25) is 0 Å². The molecule has 4 heteroatoms. The minimum absolute atomic E-state index is 0.172. The molecule has 4 nitrogen and oxygen atoms in total. The molecular formula is C11H15N3O. The van der Waals surface area contributed by atoms with Crippen molar-refractivity contribution in [2.24, 2.45) is 5.73 Å². The summed E-state index contributed by atoms with van der Waals surface area (Å²) in [7, 11) is 0. The molecule has 0 aliphatic rings. The van der Waals surface area contributed by atoms with Crippen LogP contribution in [0.5, 0.6) is 5.75 Å². The van der Waals surface area contributed by atoms with Gasteiger partial charge in [-0.2, -0.15) is 0 Å². The van der Waals surface area contributed by atoms with Crippen LogP contribution in [-0.2, 0) is 5.41 Å². The fraction of sp³-hybridized carbons (Fsp3) is 0.364. The van der Waals surface area contributed by atoms with Crippen molar-refractivity contribution in [1.82, 2.24) is 9.97 Å². The topological polar surface area (TPSA) is 74.9 Å². The molecule has 80 valence electrons. The van der Waals surface area contributed by atoms with Crippen LogP contribution in [-0.4, -0.2) is 21.6 Å². The smallest absolute Gasteiger partial charge is 0.117 e. The zero-order valence-electron chi connectivity index (χ0n) is 8.91. The number of nitrogens with two attached hydrogens (primary N) is 1. The lowest BCUT2D eigenvalue weighted by Crippen LogP contribution is -2.29. The normalized spacial score (nSPS) is 12.2. The molecule has 15 heavy (non-hydrogen) atoms. The quantitative estimate of drug-likeness (QED) is 0.695. The van der Waals surface area contributed by atoms with Crippen LogP contribution < -0.4 is 5.73 Å². The van der Waals surface area contributed by atoms with E-state index in [-0.39, 0.29) is 11.2 Å². The number of phenolic OH excluding ortho intramolecular Hbond substituents is 1.